The number of benzene rings is 1. The van der Waals surface area contributed by atoms with Crippen molar-refractivity contribution in [2.75, 3.05) is 0 Å². The maximum absolute atomic E-state index is 5.91. The van der Waals surface area contributed by atoms with E-state index in [-0.39, 0.29) is 5.28 Å². The highest BCUT2D eigenvalue weighted by molar-refractivity contribution is 6.28. The Kier molecular flexibility index (Phi) is 2.33. The smallest absolute Gasteiger partial charge is 0.213 e. The monoisotopic (exact) mass is 231 g/mol. The Hall–Kier alpha value is -1.48. The third-order valence-corrected chi connectivity index (χ3v) is 2.77. The van der Waals surface area contributed by atoms with Crippen LogP contribution < -0.4 is 0 Å². The molecule has 1 saturated carbocycles. The number of halogens is 1. The van der Waals surface area contributed by atoms with E-state index in [1.54, 1.807) is 0 Å². The van der Waals surface area contributed by atoms with Gasteiger partial charge in [0.05, 0.1) is 0 Å². The van der Waals surface area contributed by atoms with Gasteiger partial charge in [0.2, 0.25) is 5.28 Å². The van der Waals surface area contributed by atoms with Gasteiger partial charge in [0.25, 0.3) is 0 Å². The molecule has 1 aliphatic carbocycles. The van der Waals surface area contributed by atoms with E-state index < -0.39 is 0 Å². The molecule has 1 heterocycles. The molecule has 3 rings (SSSR count). The first-order chi connectivity index (χ1) is 7.83. The number of aromatic nitrogens is 3. The molecule has 80 valence electrons. The van der Waals surface area contributed by atoms with Crippen LogP contribution in [0.2, 0.25) is 5.28 Å². The number of rotatable bonds is 2. The maximum Gasteiger partial charge on any atom is 0.226 e. The summed E-state index contributed by atoms with van der Waals surface area (Å²) in [6.45, 7) is 0. The molecule has 0 spiro atoms. The zero-order valence-corrected chi connectivity index (χ0v) is 9.35. The molecule has 3 nitrogen and oxygen atoms in total. The Morgan fingerprint density at radius 1 is 1.00 bits per heavy atom. The van der Waals surface area contributed by atoms with Crippen LogP contribution in [0, 0.1) is 0 Å². The van der Waals surface area contributed by atoms with E-state index in [9.17, 15) is 0 Å². The quantitative estimate of drug-likeness (QED) is 0.797. The van der Waals surface area contributed by atoms with Gasteiger partial charge < -0.3 is 0 Å². The van der Waals surface area contributed by atoms with Crippen molar-refractivity contribution in [3.05, 3.63) is 41.4 Å². The molecule has 1 aromatic heterocycles. The zero-order chi connectivity index (χ0) is 11.0. The fourth-order valence-corrected chi connectivity index (χ4v) is 1.77. The second-order valence-corrected chi connectivity index (χ2v) is 4.26. The third-order valence-electron chi connectivity index (χ3n) is 2.60. The largest absolute Gasteiger partial charge is 0.226 e. The fourth-order valence-electron chi connectivity index (χ4n) is 1.61. The summed E-state index contributed by atoms with van der Waals surface area (Å²) in [6, 6.07) is 9.84. The van der Waals surface area contributed by atoms with Crippen LogP contribution in [0.5, 0.6) is 0 Å². The molecule has 1 aliphatic rings. The summed E-state index contributed by atoms with van der Waals surface area (Å²) in [7, 11) is 0. The first-order valence-electron chi connectivity index (χ1n) is 5.30. The van der Waals surface area contributed by atoms with Gasteiger partial charge in [0.1, 0.15) is 5.82 Å². The van der Waals surface area contributed by atoms with Gasteiger partial charge in [0.15, 0.2) is 5.82 Å². The molecule has 0 unspecified atom stereocenters. The van der Waals surface area contributed by atoms with E-state index in [1.807, 2.05) is 30.3 Å². The molecule has 4 heteroatoms. The lowest BCUT2D eigenvalue weighted by Crippen LogP contribution is -1.99. The van der Waals surface area contributed by atoms with E-state index >= 15 is 0 Å². The Morgan fingerprint density at radius 2 is 1.75 bits per heavy atom. The van der Waals surface area contributed by atoms with Crippen LogP contribution in [-0.2, 0) is 0 Å². The average molecular weight is 232 g/mol. The van der Waals surface area contributed by atoms with E-state index in [4.69, 9.17) is 11.6 Å². The molecule has 16 heavy (non-hydrogen) atoms. The maximum atomic E-state index is 5.91. The first kappa shape index (κ1) is 9.73. The summed E-state index contributed by atoms with van der Waals surface area (Å²) in [5.74, 6) is 1.99. The number of nitrogens with zero attached hydrogens (tertiary/aromatic N) is 3. The Balaban J connectivity index is 2.06. The minimum absolute atomic E-state index is 0.288. The molecule has 0 atom stereocenters. The van der Waals surface area contributed by atoms with Crippen molar-refractivity contribution in [2.45, 2.75) is 18.8 Å². The summed E-state index contributed by atoms with van der Waals surface area (Å²) in [5.41, 5.74) is 0.980. The van der Waals surface area contributed by atoms with Crippen LogP contribution in [0.4, 0.5) is 0 Å². The Morgan fingerprint density at radius 3 is 2.44 bits per heavy atom. The summed E-state index contributed by atoms with van der Waals surface area (Å²) >= 11 is 5.91. The van der Waals surface area contributed by atoms with Crippen LogP contribution in [-0.4, -0.2) is 15.0 Å². The van der Waals surface area contributed by atoms with Gasteiger partial charge in [0, 0.05) is 11.5 Å². The van der Waals surface area contributed by atoms with E-state index in [0.29, 0.717) is 11.7 Å². The molecule has 0 N–H and O–H groups in total. The van der Waals surface area contributed by atoms with Gasteiger partial charge >= 0.3 is 0 Å². The molecular formula is C12H10ClN3. The van der Waals surface area contributed by atoms with Gasteiger partial charge in [-0.2, -0.15) is 4.98 Å². The summed E-state index contributed by atoms with van der Waals surface area (Å²) in [6.07, 6.45) is 2.32. The number of hydrogen-bond acceptors (Lipinski definition) is 3. The Labute approximate surface area is 98.5 Å². The van der Waals surface area contributed by atoms with Gasteiger partial charge in [-0.1, -0.05) is 30.3 Å². The lowest BCUT2D eigenvalue weighted by molar-refractivity contribution is 0.893. The van der Waals surface area contributed by atoms with Gasteiger partial charge in [-0.05, 0) is 24.4 Å². The van der Waals surface area contributed by atoms with Gasteiger partial charge in [-0.25, -0.2) is 9.97 Å². The van der Waals surface area contributed by atoms with E-state index in [0.717, 1.165) is 24.2 Å². The highest BCUT2D eigenvalue weighted by atomic mass is 35.5. The Bertz CT molecular complexity index is 509. The fraction of sp³-hybridized carbons (Fsp3) is 0.250. The molecule has 1 fully saturated rings. The van der Waals surface area contributed by atoms with E-state index in [2.05, 4.69) is 15.0 Å². The topological polar surface area (TPSA) is 38.7 Å². The molecule has 2 aromatic rings. The molecule has 0 aliphatic heterocycles. The molecule has 0 saturated heterocycles. The first-order valence-corrected chi connectivity index (χ1v) is 5.67. The average Bonchev–Trinajstić information content (AvgIpc) is 3.13. The number of hydrogen-bond donors (Lipinski definition) is 0. The standard InChI is InChI=1S/C12H10ClN3/c13-12-15-10(8-4-2-1-3-5-8)14-11(16-12)9-6-7-9/h1-5,9H,6-7H2. The molecular weight excluding hydrogens is 222 g/mol. The van der Waals surface area contributed by atoms with E-state index in [1.165, 1.54) is 0 Å². The molecule has 0 amide bonds. The SMILES string of the molecule is Clc1nc(-c2ccccc2)nc(C2CC2)n1. The van der Waals surface area contributed by atoms with Crippen LogP contribution in [0.3, 0.4) is 0 Å². The van der Waals surface area contributed by atoms with Gasteiger partial charge in [-0.15, -0.1) is 0 Å². The predicted octanol–water partition coefficient (Wildman–Crippen LogP) is 3.07. The van der Waals surface area contributed by atoms with Crippen LogP contribution >= 0.6 is 11.6 Å². The van der Waals surface area contributed by atoms with Crippen molar-refractivity contribution in [3.63, 3.8) is 0 Å². The highest BCUT2D eigenvalue weighted by Gasteiger charge is 2.27. The lowest BCUT2D eigenvalue weighted by Gasteiger charge is -2.02. The van der Waals surface area contributed by atoms with Crippen LogP contribution in [0.1, 0.15) is 24.6 Å². The van der Waals surface area contributed by atoms with Crippen molar-refractivity contribution in [1.29, 1.82) is 0 Å². The third kappa shape index (κ3) is 1.91. The molecule has 1 aromatic carbocycles. The summed E-state index contributed by atoms with van der Waals surface area (Å²) in [4.78, 5) is 12.8. The highest BCUT2D eigenvalue weighted by Crippen LogP contribution is 2.38. The normalized spacial score (nSPS) is 15.1. The van der Waals surface area contributed by atoms with Crippen molar-refractivity contribution < 1.29 is 0 Å². The predicted molar refractivity (Wildman–Crippen MR) is 62.2 cm³/mol. The van der Waals surface area contributed by atoms with Crippen molar-refractivity contribution in [2.24, 2.45) is 0 Å². The van der Waals surface area contributed by atoms with Crippen molar-refractivity contribution >= 4 is 11.6 Å². The summed E-state index contributed by atoms with van der Waals surface area (Å²) in [5, 5.41) is 0.288. The second kappa shape index (κ2) is 3.83. The zero-order valence-electron chi connectivity index (χ0n) is 8.60. The molecule has 0 bridgehead atoms. The summed E-state index contributed by atoms with van der Waals surface area (Å²) < 4.78 is 0. The van der Waals surface area contributed by atoms with Gasteiger partial charge in [-0.3, -0.25) is 0 Å². The second-order valence-electron chi connectivity index (χ2n) is 3.93. The van der Waals surface area contributed by atoms with Crippen LogP contribution in [0.25, 0.3) is 11.4 Å². The minimum atomic E-state index is 0.288. The van der Waals surface area contributed by atoms with Crippen molar-refractivity contribution in [1.82, 2.24) is 15.0 Å². The van der Waals surface area contributed by atoms with Crippen LogP contribution in [0.15, 0.2) is 30.3 Å². The molecule has 0 radical (unpaired) electrons. The minimum Gasteiger partial charge on any atom is -0.213 e. The van der Waals surface area contributed by atoms with Crippen molar-refractivity contribution in [3.8, 4) is 11.4 Å². The lowest BCUT2D eigenvalue weighted by atomic mass is 10.2.